The molecule has 0 unspecified atom stereocenters. The van der Waals surface area contributed by atoms with E-state index in [1.807, 2.05) is 12.1 Å². The third-order valence-corrected chi connectivity index (χ3v) is 6.22. The summed E-state index contributed by atoms with van der Waals surface area (Å²) >= 11 is 0. The van der Waals surface area contributed by atoms with Crippen LogP contribution in [0.25, 0.3) is 0 Å². The van der Waals surface area contributed by atoms with E-state index in [1.165, 1.54) is 29.7 Å². The van der Waals surface area contributed by atoms with E-state index in [2.05, 4.69) is 58.4 Å². The summed E-state index contributed by atoms with van der Waals surface area (Å²) in [6, 6.07) is 16.7. The number of carbonyl (C=O) groups excluding carboxylic acids is 1. The Labute approximate surface area is 168 Å². The molecule has 1 amide bonds. The number of benzene rings is 2. The molecule has 0 spiro atoms. The molecule has 0 saturated carbocycles. The van der Waals surface area contributed by atoms with E-state index in [1.54, 1.807) is 0 Å². The average molecular weight is 378 g/mol. The predicted molar refractivity (Wildman–Crippen MR) is 115 cm³/mol. The quantitative estimate of drug-likeness (QED) is 0.863. The number of nitrogens with one attached hydrogen (secondary N) is 1. The van der Waals surface area contributed by atoms with Crippen LogP contribution >= 0.6 is 0 Å². The molecule has 0 atom stereocenters. The van der Waals surface area contributed by atoms with Crippen molar-refractivity contribution in [3.05, 3.63) is 65.2 Å². The highest BCUT2D eigenvalue weighted by Crippen LogP contribution is 2.24. The van der Waals surface area contributed by atoms with Gasteiger partial charge in [0.2, 0.25) is 0 Å². The first kappa shape index (κ1) is 19.0. The summed E-state index contributed by atoms with van der Waals surface area (Å²) < 4.78 is 0. The number of fused-ring (bicyclic) bond motifs is 1. The van der Waals surface area contributed by atoms with Gasteiger partial charge in [0.15, 0.2) is 0 Å². The Hall–Kier alpha value is -2.33. The van der Waals surface area contributed by atoms with Crippen LogP contribution in [0.1, 0.15) is 41.3 Å². The molecule has 0 radical (unpaired) electrons. The standard InChI is InChI=1S/C24H31N3O/c1-19-10-14-26(15-11-19)17-13-25-24(28)21-6-8-23(9-7-21)27-16-12-20-4-2-3-5-22(20)18-27/h2-9,19H,10-18H2,1H3,(H,25,28). The summed E-state index contributed by atoms with van der Waals surface area (Å²) in [4.78, 5) is 17.3. The number of rotatable bonds is 5. The first-order chi connectivity index (χ1) is 13.7. The Bertz CT molecular complexity index is 794. The van der Waals surface area contributed by atoms with E-state index in [-0.39, 0.29) is 5.91 Å². The molecule has 0 bridgehead atoms. The number of carbonyl (C=O) groups is 1. The van der Waals surface area contributed by atoms with Crippen LogP contribution in [0.5, 0.6) is 0 Å². The van der Waals surface area contributed by atoms with E-state index < -0.39 is 0 Å². The lowest BCUT2D eigenvalue weighted by Crippen LogP contribution is -2.39. The lowest BCUT2D eigenvalue weighted by Gasteiger charge is -2.31. The van der Waals surface area contributed by atoms with Crippen molar-refractivity contribution < 1.29 is 4.79 Å². The summed E-state index contributed by atoms with van der Waals surface area (Å²) in [6.07, 6.45) is 3.63. The zero-order valence-electron chi connectivity index (χ0n) is 16.9. The fourth-order valence-corrected chi connectivity index (χ4v) is 4.26. The van der Waals surface area contributed by atoms with Gasteiger partial charge in [0.25, 0.3) is 5.91 Å². The molecule has 148 valence electrons. The van der Waals surface area contributed by atoms with Gasteiger partial charge in [-0.25, -0.2) is 0 Å². The molecular weight excluding hydrogens is 346 g/mol. The third kappa shape index (κ3) is 4.56. The fraction of sp³-hybridized carbons (Fsp3) is 0.458. The number of hydrogen-bond donors (Lipinski definition) is 1. The number of amides is 1. The van der Waals surface area contributed by atoms with Gasteiger partial charge in [-0.15, -0.1) is 0 Å². The summed E-state index contributed by atoms with van der Waals surface area (Å²) in [7, 11) is 0. The molecule has 0 aliphatic carbocycles. The molecule has 2 heterocycles. The number of nitrogens with zero attached hydrogens (tertiary/aromatic N) is 2. The van der Waals surface area contributed by atoms with E-state index >= 15 is 0 Å². The van der Waals surface area contributed by atoms with Gasteiger partial charge < -0.3 is 15.1 Å². The molecule has 4 heteroatoms. The summed E-state index contributed by atoms with van der Waals surface area (Å²) in [5.41, 5.74) is 4.79. The monoisotopic (exact) mass is 377 g/mol. The van der Waals surface area contributed by atoms with E-state index in [4.69, 9.17) is 0 Å². The topological polar surface area (TPSA) is 35.6 Å². The average Bonchev–Trinajstić information content (AvgIpc) is 2.75. The maximum atomic E-state index is 12.4. The first-order valence-electron chi connectivity index (χ1n) is 10.6. The lowest BCUT2D eigenvalue weighted by atomic mass is 9.99. The Morgan fingerprint density at radius 3 is 2.46 bits per heavy atom. The molecule has 2 aromatic rings. The van der Waals surface area contributed by atoms with Crippen LogP contribution in [0.15, 0.2) is 48.5 Å². The maximum Gasteiger partial charge on any atom is 0.251 e. The molecule has 4 nitrogen and oxygen atoms in total. The first-order valence-corrected chi connectivity index (χ1v) is 10.6. The SMILES string of the molecule is CC1CCN(CCNC(=O)c2ccc(N3CCc4ccccc4C3)cc2)CC1. The second kappa shape index (κ2) is 8.78. The largest absolute Gasteiger partial charge is 0.367 e. The van der Waals surface area contributed by atoms with Crippen LogP contribution in [0.4, 0.5) is 5.69 Å². The van der Waals surface area contributed by atoms with Crippen LogP contribution in [-0.4, -0.2) is 43.5 Å². The van der Waals surface area contributed by atoms with E-state index in [0.717, 1.165) is 57.2 Å². The summed E-state index contributed by atoms with van der Waals surface area (Å²) in [5, 5.41) is 3.08. The summed E-state index contributed by atoms with van der Waals surface area (Å²) in [6.45, 7) is 8.27. The van der Waals surface area contributed by atoms with Crippen molar-refractivity contribution in [2.75, 3.05) is 37.6 Å². The van der Waals surface area contributed by atoms with Gasteiger partial charge in [0.1, 0.15) is 0 Å². The fourth-order valence-electron chi connectivity index (χ4n) is 4.26. The van der Waals surface area contributed by atoms with Gasteiger partial charge in [-0.3, -0.25) is 4.79 Å². The number of anilines is 1. The van der Waals surface area contributed by atoms with Gasteiger partial charge in [-0.2, -0.15) is 0 Å². The van der Waals surface area contributed by atoms with E-state index in [0.29, 0.717) is 0 Å². The van der Waals surface area contributed by atoms with Crippen LogP contribution < -0.4 is 10.2 Å². The minimum atomic E-state index is 0.0286. The minimum Gasteiger partial charge on any atom is -0.367 e. The Balaban J connectivity index is 1.28. The van der Waals surface area contributed by atoms with Crippen molar-refractivity contribution in [2.45, 2.75) is 32.7 Å². The minimum absolute atomic E-state index is 0.0286. The Morgan fingerprint density at radius 2 is 1.71 bits per heavy atom. The predicted octanol–water partition coefficient (Wildman–Crippen LogP) is 3.71. The molecule has 2 aliphatic rings. The highest BCUT2D eigenvalue weighted by atomic mass is 16.1. The van der Waals surface area contributed by atoms with Crippen molar-refractivity contribution >= 4 is 11.6 Å². The highest BCUT2D eigenvalue weighted by molar-refractivity contribution is 5.94. The molecule has 1 fully saturated rings. The van der Waals surface area contributed by atoms with Gasteiger partial charge >= 0.3 is 0 Å². The molecule has 1 N–H and O–H groups in total. The second-order valence-electron chi connectivity index (χ2n) is 8.27. The lowest BCUT2D eigenvalue weighted by molar-refractivity contribution is 0.0944. The third-order valence-electron chi connectivity index (χ3n) is 6.22. The molecule has 1 saturated heterocycles. The van der Waals surface area contributed by atoms with E-state index in [9.17, 15) is 4.79 Å². The van der Waals surface area contributed by atoms with Gasteiger partial charge in [0, 0.05) is 37.4 Å². The molecule has 4 rings (SSSR count). The molecule has 2 aliphatic heterocycles. The summed E-state index contributed by atoms with van der Waals surface area (Å²) in [5.74, 6) is 0.874. The number of likely N-dealkylation sites (tertiary alicyclic amines) is 1. The number of piperidine rings is 1. The highest BCUT2D eigenvalue weighted by Gasteiger charge is 2.17. The molecule has 0 aromatic heterocycles. The normalized spacial score (nSPS) is 18.0. The zero-order valence-corrected chi connectivity index (χ0v) is 16.9. The zero-order chi connectivity index (χ0) is 19.3. The molecular formula is C24H31N3O. The number of hydrogen-bond acceptors (Lipinski definition) is 3. The smallest absolute Gasteiger partial charge is 0.251 e. The Morgan fingerprint density at radius 1 is 1.00 bits per heavy atom. The van der Waals surface area contributed by atoms with Crippen molar-refractivity contribution in [1.29, 1.82) is 0 Å². The van der Waals surface area contributed by atoms with Crippen LogP contribution in [-0.2, 0) is 13.0 Å². The maximum absolute atomic E-state index is 12.4. The van der Waals surface area contributed by atoms with Crippen molar-refractivity contribution in [2.24, 2.45) is 5.92 Å². The van der Waals surface area contributed by atoms with Gasteiger partial charge in [0.05, 0.1) is 0 Å². The van der Waals surface area contributed by atoms with Gasteiger partial charge in [-0.1, -0.05) is 31.2 Å². The van der Waals surface area contributed by atoms with Crippen LogP contribution in [0, 0.1) is 5.92 Å². The van der Waals surface area contributed by atoms with Crippen LogP contribution in [0.3, 0.4) is 0 Å². The van der Waals surface area contributed by atoms with Crippen molar-refractivity contribution in [3.8, 4) is 0 Å². The molecule has 28 heavy (non-hydrogen) atoms. The van der Waals surface area contributed by atoms with Crippen molar-refractivity contribution in [3.63, 3.8) is 0 Å². The Kier molecular flexibility index (Phi) is 5.96. The van der Waals surface area contributed by atoms with Crippen LogP contribution in [0.2, 0.25) is 0 Å². The second-order valence-corrected chi connectivity index (χ2v) is 8.27. The molecule has 2 aromatic carbocycles. The van der Waals surface area contributed by atoms with Crippen molar-refractivity contribution in [1.82, 2.24) is 10.2 Å². The van der Waals surface area contributed by atoms with Gasteiger partial charge in [-0.05, 0) is 73.7 Å².